The normalized spacial score (nSPS) is 12.8. The Kier molecular flexibility index (Phi) is 56.0. The zero-order valence-electron chi connectivity index (χ0n) is 45.6. The molecule has 0 heterocycles. The summed E-state index contributed by atoms with van der Waals surface area (Å²) in [4.78, 5) is 24.5. The van der Waals surface area contributed by atoms with Crippen LogP contribution in [0.3, 0.4) is 0 Å². The Balaban J connectivity index is 3.43. The maximum atomic E-state index is 12.5. The molecule has 0 rings (SSSR count). The lowest BCUT2D eigenvalue weighted by Gasteiger charge is -2.22. The average Bonchev–Trinajstić information content (AvgIpc) is 3.34. The minimum absolute atomic E-state index is 0.00579. The van der Waals surface area contributed by atoms with Crippen LogP contribution in [-0.4, -0.2) is 47.4 Å². The molecule has 0 spiro atoms. The number of rotatable bonds is 56. The minimum Gasteiger partial charge on any atom is -0.466 e. The highest BCUT2D eigenvalue weighted by atomic mass is 16.5. The molecule has 0 aromatic carbocycles. The van der Waals surface area contributed by atoms with Gasteiger partial charge in [-0.3, -0.25) is 9.59 Å². The third-order valence-corrected chi connectivity index (χ3v) is 13.9. The molecular formula is C62H117NO5. The Hall–Kier alpha value is -1.92. The first kappa shape index (κ1) is 66.1. The Morgan fingerprint density at radius 2 is 0.735 bits per heavy atom. The predicted octanol–water partition coefficient (Wildman–Crippen LogP) is 18.8. The quantitative estimate of drug-likeness (QED) is 0.0321. The lowest BCUT2D eigenvalue weighted by atomic mass is 10.0. The summed E-state index contributed by atoms with van der Waals surface area (Å²) >= 11 is 0. The third kappa shape index (κ3) is 53.4. The lowest BCUT2D eigenvalue weighted by Crippen LogP contribution is -2.45. The fourth-order valence-electron chi connectivity index (χ4n) is 9.25. The van der Waals surface area contributed by atoms with Gasteiger partial charge in [-0.25, -0.2) is 0 Å². The Morgan fingerprint density at radius 3 is 1.16 bits per heavy atom. The molecule has 400 valence electrons. The van der Waals surface area contributed by atoms with Crippen molar-refractivity contribution in [3.8, 4) is 0 Å². The number of ether oxygens (including phenoxy) is 1. The van der Waals surface area contributed by atoms with Crippen LogP contribution in [0, 0.1) is 0 Å². The lowest BCUT2D eigenvalue weighted by molar-refractivity contribution is -0.143. The average molecular weight is 957 g/mol. The van der Waals surface area contributed by atoms with E-state index in [0.717, 1.165) is 51.4 Å². The van der Waals surface area contributed by atoms with Gasteiger partial charge in [0, 0.05) is 12.8 Å². The summed E-state index contributed by atoms with van der Waals surface area (Å²) in [5.41, 5.74) is 0. The van der Waals surface area contributed by atoms with Gasteiger partial charge in [0.15, 0.2) is 0 Å². The van der Waals surface area contributed by atoms with Gasteiger partial charge in [-0.15, -0.1) is 0 Å². The van der Waals surface area contributed by atoms with E-state index in [-0.39, 0.29) is 18.5 Å². The number of amides is 1. The Labute approximate surface area is 424 Å². The van der Waals surface area contributed by atoms with Crippen LogP contribution < -0.4 is 5.32 Å². The fourth-order valence-corrected chi connectivity index (χ4v) is 9.25. The molecule has 0 bridgehead atoms. The summed E-state index contributed by atoms with van der Waals surface area (Å²) < 4.78 is 5.47. The molecule has 0 aliphatic heterocycles. The second-order valence-corrected chi connectivity index (χ2v) is 20.7. The number of allylic oxidation sites excluding steroid dienone is 6. The third-order valence-electron chi connectivity index (χ3n) is 13.9. The van der Waals surface area contributed by atoms with Gasteiger partial charge < -0.3 is 20.3 Å². The van der Waals surface area contributed by atoms with E-state index in [1.54, 1.807) is 0 Å². The van der Waals surface area contributed by atoms with Crippen LogP contribution in [0.15, 0.2) is 36.5 Å². The summed E-state index contributed by atoms with van der Waals surface area (Å²) in [6.07, 6.45) is 71.4. The van der Waals surface area contributed by atoms with Crippen molar-refractivity contribution in [3.05, 3.63) is 36.5 Å². The monoisotopic (exact) mass is 956 g/mol. The number of esters is 1. The highest BCUT2D eigenvalue weighted by molar-refractivity contribution is 5.76. The maximum absolute atomic E-state index is 12.5. The Morgan fingerprint density at radius 1 is 0.412 bits per heavy atom. The van der Waals surface area contributed by atoms with E-state index in [0.29, 0.717) is 25.9 Å². The molecule has 2 atom stereocenters. The Bertz CT molecular complexity index is 1100. The van der Waals surface area contributed by atoms with Crippen LogP contribution in [0.4, 0.5) is 0 Å². The van der Waals surface area contributed by atoms with E-state index in [1.807, 2.05) is 0 Å². The van der Waals surface area contributed by atoms with Crippen LogP contribution >= 0.6 is 0 Å². The van der Waals surface area contributed by atoms with Crippen LogP contribution in [-0.2, 0) is 14.3 Å². The van der Waals surface area contributed by atoms with Gasteiger partial charge in [-0.2, -0.15) is 0 Å². The highest BCUT2D eigenvalue weighted by Gasteiger charge is 2.20. The van der Waals surface area contributed by atoms with Gasteiger partial charge in [0.25, 0.3) is 0 Å². The van der Waals surface area contributed by atoms with E-state index in [4.69, 9.17) is 4.74 Å². The summed E-state index contributed by atoms with van der Waals surface area (Å²) in [5.74, 6) is -0.0477. The zero-order valence-corrected chi connectivity index (χ0v) is 45.6. The number of carbonyl (C=O) groups excluding carboxylic acids is 2. The summed E-state index contributed by atoms with van der Waals surface area (Å²) in [5, 5.41) is 23.3. The second kappa shape index (κ2) is 57.7. The van der Waals surface area contributed by atoms with Gasteiger partial charge in [0.1, 0.15) is 0 Å². The van der Waals surface area contributed by atoms with E-state index >= 15 is 0 Å². The molecule has 0 aliphatic rings. The van der Waals surface area contributed by atoms with Crippen molar-refractivity contribution in [3.63, 3.8) is 0 Å². The molecular weight excluding hydrogens is 839 g/mol. The van der Waals surface area contributed by atoms with E-state index in [1.165, 1.54) is 238 Å². The van der Waals surface area contributed by atoms with Gasteiger partial charge in [-0.05, 0) is 83.5 Å². The van der Waals surface area contributed by atoms with E-state index in [9.17, 15) is 19.8 Å². The summed E-state index contributed by atoms with van der Waals surface area (Å²) in [6, 6.07) is -0.547. The summed E-state index contributed by atoms with van der Waals surface area (Å²) in [7, 11) is 0. The van der Waals surface area contributed by atoms with Gasteiger partial charge in [-0.1, -0.05) is 262 Å². The molecule has 68 heavy (non-hydrogen) atoms. The molecule has 0 saturated carbocycles. The molecule has 6 heteroatoms. The molecule has 0 saturated heterocycles. The van der Waals surface area contributed by atoms with Gasteiger partial charge in [0.2, 0.25) is 5.91 Å². The van der Waals surface area contributed by atoms with Gasteiger partial charge in [0.05, 0.1) is 25.4 Å². The molecule has 0 fully saturated rings. The number of unbranched alkanes of at least 4 members (excludes halogenated alkanes) is 39. The SMILES string of the molecule is CCCCC/C=C\C/C=C\CCCCCCCC(=O)OCCCCCCCCCCCC/C=C\CCCCCCCCCC(=O)NC(CO)C(O)CCCCCCCCCCCCCCCCC. The second-order valence-electron chi connectivity index (χ2n) is 20.7. The van der Waals surface area contributed by atoms with Crippen LogP contribution in [0.5, 0.6) is 0 Å². The van der Waals surface area contributed by atoms with E-state index < -0.39 is 12.1 Å². The van der Waals surface area contributed by atoms with Crippen molar-refractivity contribution >= 4 is 11.9 Å². The maximum Gasteiger partial charge on any atom is 0.305 e. The highest BCUT2D eigenvalue weighted by Crippen LogP contribution is 2.17. The van der Waals surface area contributed by atoms with Crippen molar-refractivity contribution in [2.24, 2.45) is 0 Å². The van der Waals surface area contributed by atoms with Crippen molar-refractivity contribution in [2.75, 3.05) is 13.2 Å². The van der Waals surface area contributed by atoms with E-state index in [2.05, 4.69) is 55.6 Å². The smallest absolute Gasteiger partial charge is 0.305 e. The largest absolute Gasteiger partial charge is 0.466 e. The first-order valence-corrected chi connectivity index (χ1v) is 30.2. The zero-order chi connectivity index (χ0) is 49.3. The molecule has 0 radical (unpaired) electrons. The number of aliphatic hydroxyl groups is 2. The van der Waals surface area contributed by atoms with Crippen molar-refractivity contribution in [2.45, 2.75) is 334 Å². The molecule has 0 aliphatic carbocycles. The number of aliphatic hydroxyl groups excluding tert-OH is 2. The topological polar surface area (TPSA) is 95.9 Å². The molecule has 2 unspecified atom stereocenters. The first-order chi connectivity index (χ1) is 33.5. The number of nitrogens with one attached hydrogen (secondary N) is 1. The van der Waals surface area contributed by atoms with Crippen molar-refractivity contribution in [1.29, 1.82) is 0 Å². The van der Waals surface area contributed by atoms with Crippen LogP contribution in [0.25, 0.3) is 0 Å². The molecule has 1 amide bonds. The van der Waals surface area contributed by atoms with Crippen LogP contribution in [0.2, 0.25) is 0 Å². The van der Waals surface area contributed by atoms with Crippen molar-refractivity contribution in [1.82, 2.24) is 5.32 Å². The predicted molar refractivity (Wildman–Crippen MR) is 296 cm³/mol. The summed E-state index contributed by atoms with van der Waals surface area (Å²) in [6.45, 7) is 4.92. The molecule has 6 nitrogen and oxygen atoms in total. The van der Waals surface area contributed by atoms with Gasteiger partial charge >= 0.3 is 5.97 Å². The molecule has 3 N–H and O–H groups in total. The number of hydrogen-bond donors (Lipinski definition) is 3. The molecule has 0 aromatic rings. The fraction of sp³-hybridized carbons (Fsp3) is 0.871. The molecule has 0 aromatic heterocycles. The van der Waals surface area contributed by atoms with Crippen LogP contribution in [0.1, 0.15) is 322 Å². The minimum atomic E-state index is -0.669. The van der Waals surface area contributed by atoms with Crippen molar-refractivity contribution < 1.29 is 24.5 Å². The number of hydrogen-bond acceptors (Lipinski definition) is 5. The first-order valence-electron chi connectivity index (χ1n) is 30.2. The standard InChI is InChI=1S/C62H117NO5/c1-3-5-7-9-11-13-15-17-26-30-34-38-42-46-50-54-60(65)59(58-64)63-61(66)55-51-47-43-39-35-31-28-24-22-20-19-21-23-25-29-33-37-41-45-49-53-57-68-62(67)56-52-48-44-40-36-32-27-18-16-14-12-10-8-6-4-2/h12,14,18,20,22,27,59-60,64-65H,3-11,13,15-17,19,21,23-26,28-58H2,1-2H3,(H,63,66)/b14-12-,22-20-,27-18-. The number of carbonyl (C=O) groups is 2.